The molecule has 1 saturated heterocycles. The predicted octanol–water partition coefficient (Wildman–Crippen LogP) is 2.95. The summed E-state index contributed by atoms with van der Waals surface area (Å²) in [7, 11) is 0. The van der Waals surface area contributed by atoms with Crippen molar-refractivity contribution in [3.05, 3.63) is 18.0 Å². The lowest BCUT2D eigenvalue weighted by Gasteiger charge is -2.33. The smallest absolute Gasteiger partial charge is 0.225 e. The van der Waals surface area contributed by atoms with E-state index in [2.05, 4.69) is 14.9 Å². The van der Waals surface area contributed by atoms with Gasteiger partial charge in [0.2, 0.25) is 5.95 Å². The molecule has 1 aliphatic carbocycles. The summed E-state index contributed by atoms with van der Waals surface area (Å²) in [6.45, 7) is 4.36. The minimum atomic E-state index is 0.590. The highest BCUT2D eigenvalue weighted by molar-refractivity contribution is 5.32. The molecule has 0 radical (unpaired) electrons. The van der Waals surface area contributed by atoms with Crippen LogP contribution in [0.4, 0.5) is 5.95 Å². The van der Waals surface area contributed by atoms with Gasteiger partial charge < -0.3 is 4.90 Å². The molecule has 0 amide bonds. The van der Waals surface area contributed by atoms with Gasteiger partial charge in [-0.3, -0.25) is 0 Å². The number of hydrogen-bond acceptors (Lipinski definition) is 3. The Bertz CT molecular complexity index is 379. The largest absolute Gasteiger partial charge is 0.340 e. The van der Waals surface area contributed by atoms with Crippen LogP contribution in [0.5, 0.6) is 0 Å². The third kappa shape index (κ3) is 2.15. The van der Waals surface area contributed by atoms with E-state index in [0.29, 0.717) is 5.41 Å². The highest BCUT2D eigenvalue weighted by Crippen LogP contribution is 2.44. The van der Waals surface area contributed by atoms with Crippen molar-refractivity contribution in [2.45, 2.75) is 45.4 Å². The number of nitrogens with zero attached hydrogens (tertiary/aromatic N) is 3. The lowest BCUT2D eigenvalue weighted by Crippen LogP contribution is -2.29. The van der Waals surface area contributed by atoms with Gasteiger partial charge >= 0.3 is 0 Å². The number of rotatable bonds is 1. The first-order chi connectivity index (χ1) is 8.27. The molecule has 0 aromatic carbocycles. The average Bonchev–Trinajstić information content (AvgIpc) is 2.75. The molecule has 17 heavy (non-hydrogen) atoms. The van der Waals surface area contributed by atoms with Crippen LogP contribution in [-0.4, -0.2) is 23.1 Å². The molecule has 0 atom stereocenters. The Hall–Kier alpha value is -1.12. The van der Waals surface area contributed by atoms with Gasteiger partial charge in [-0.1, -0.05) is 19.3 Å². The van der Waals surface area contributed by atoms with Crippen LogP contribution < -0.4 is 4.90 Å². The Balaban J connectivity index is 1.72. The van der Waals surface area contributed by atoms with Crippen molar-refractivity contribution in [3.63, 3.8) is 0 Å². The molecule has 92 valence electrons. The molecule has 3 heteroatoms. The normalized spacial score (nSPS) is 23.2. The zero-order chi connectivity index (χ0) is 11.7. The van der Waals surface area contributed by atoms with Crippen LogP contribution in [0.1, 0.15) is 44.1 Å². The number of anilines is 1. The summed E-state index contributed by atoms with van der Waals surface area (Å²) >= 11 is 0. The van der Waals surface area contributed by atoms with Crippen molar-refractivity contribution < 1.29 is 0 Å². The molecule has 3 nitrogen and oxygen atoms in total. The van der Waals surface area contributed by atoms with Crippen LogP contribution in [0.15, 0.2) is 12.4 Å². The summed E-state index contributed by atoms with van der Waals surface area (Å²) in [6.07, 6.45) is 12.3. The van der Waals surface area contributed by atoms with Gasteiger partial charge in [0.15, 0.2) is 0 Å². The molecule has 1 aromatic heterocycles. The fourth-order valence-corrected chi connectivity index (χ4v) is 3.36. The van der Waals surface area contributed by atoms with E-state index in [-0.39, 0.29) is 0 Å². The molecular weight excluding hydrogens is 210 g/mol. The van der Waals surface area contributed by atoms with E-state index in [1.165, 1.54) is 45.1 Å². The Kier molecular flexibility index (Phi) is 2.77. The molecule has 1 aliphatic heterocycles. The van der Waals surface area contributed by atoms with Crippen LogP contribution in [0, 0.1) is 12.3 Å². The maximum Gasteiger partial charge on any atom is 0.225 e. The number of hydrogen-bond donors (Lipinski definition) is 0. The fourth-order valence-electron chi connectivity index (χ4n) is 3.36. The van der Waals surface area contributed by atoms with E-state index in [1.807, 2.05) is 19.3 Å². The summed E-state index contributed by atoms with van der Waals surface area (Å²) in [5.74, 6) is 0.929. The third-order valence-corrected chi connectivity index (χ3v) is 4.40. The van der Waals surface area contributed by atoms with Crippen LogP contribution >= 0.6 is 0 Å². The van der Waals surface area contributed by atoms with Gasteiger partial charge in [-0.25, -0.2) is 9.97 Å². The Labute approximate surface area is 103 Å². The van der Waals surface area contributed by atoms with E-state index in [9.17, 15) is 0 Å². The van der Waals surface area contributed by atoms with E-state index in [0.717, 1.165) is 18.1 Å². The summed E-state index contributed by atoms with van der Waals surface area (Å²) in [5.41, 5.74) is 1.73. The zero-order valence-corrected chi connectivity index (χ0v) is 10.7. The van der Waals surface area contributed by atoms with E-state index in [1.54, 1.807) is 0 Å². The quantitative estimate of drug-likeness (QED) is 0.744. The number of aryl methyl sites for hydroxylation is 1. The Morgan fingerprint density at radius 3 is 2.47 bits per heavy atom. The minimum Gasteiger partial charge on any atom is -0.340 e. The SMILES string of the molecule is Cc1cnc(N2CCC3(CCCCC3)C2)nc1. The second kappa shape index (κ2) is 4.28. The van der Waals surface area contributed by atoms with Crippen molar-refractivity contribution in [1.82, 2.24) is 9.97 Å². The maximum atomic E-state index is 4.45. The summed E-state index contributed by atoms with van der Waals surface area (Å²) in [6, 6.07) is 0. The molecule has 0 bridgehead atoms. The van der Waals surface area contributed by atoms with Crippen molar-refractivity contribution in [2.75, 3.05) is 18.0 Å². The Morgan fingerprint density at radius 2 is 1.76 bits per heavy atom. The molecule has 1 saturated carbocycles. The lowest BCUT2D eigenvalue weighted by atomic mass is 9.73. The van der Waals surface area contributed by atoms with Gasteiger partial charge in [-0.05, 0) is 37.2 Å². The first kappa shape index (κ1) is 11.0. The zero-order valence-electron chi connectivity index (χ0n) is 10.7. The van der Waals surface area contributed by atoms with Gasteiger partial charge in [-0.15, -0.1) is 0 Å². The van der Waals surface area contributed by atoms with Gasteiger partial charge in [0.25, 0.3) is 0 Å². The number of aromatic nitrogens is 2. The average molecular weight is 231 g/mol. The van der Waals surface area contributed by atoms with E-state index in [4.69, 9.17) is 0 Å². The van der Waals surface area contributed by atoms with Gasteiger partial charge in [-0.2, -0.15) is 0 Å². The molecule has 1 aromatic rings. The molecule has 0 unspecified atom stereocenters. The molecule has 0 N–H and O–H groups in total. The monoisotopic (exact) mass is 231 g/mol. The highest BCUT2D eigenvalue weighted by atomic mass is 15.3. The van der Waals surface area contributed by atoms with Gasteiger partial charge in [0.1, 0.15) is 0 Å². The van der Waals surface area contributed by atoms with E-state index >= 15 is 0 Å². The molecule has 3 rings (SSSR count). The fraction of sp³-hybridized carbons (Fsp3) is 0.714. The molecule has 2 fully saturated rings. The topological polar surface area (TPSA) is 29.0 Å². The Morgan fingerprint density at radius 1 is 1.06 bits per heavy atom. The van der Waals surface area contributed by atoms with Crippen molar-refractivity contribution in [3.8, 4) is 0 Å². The third-order valence-electron chi connectivity index (χ3n) is 4.40. The molecule has 1 spiro atoms. The second-order valence-corrected chi connectivity index (χ2v) is 5.79. The van der Waals surface area contributed by atoms with Crippen molar-refractivity contribution >= 4 is 5.95 Å². The van der Waals surface area contributed by atoms with Crippen LogP contribution in [-0.2, 0) is 0 Å². The van der Waals surface area contributed by atoms with E-state index < -0.39 is 0 Å². The van der Waals surface area contributed by atoms with Crippen LogP contribution in [0.3, 0.4) is 0 Å². The summed E-state index contributed by atoms with van der Waals surface area (Å²) < 4.78 is 0. The second-order valence-electron chi connectivity index (χ2n) is 5.79. The predicted molar refractivity (Wildman–Crippen MR) is 69.1 cm³/mol. The van der Waals surface area contributed by atoms with Crippen molar-refractivity contribution in [2.24, 2.45) is 5.41 Å². The van der Waals surface area contributed by atoms with Crippen LogP contribution in [0.25, 0.3) is 0 Å². The summed E-state index contributed by atoms with van der Waals surface area (Å²) in [4.78, 5) is 11.3. The first-order valence-electron chi connectivity index (χ1n) is 6.81. The molecule has 2 heterocycles. The minimum absolute atomic E-state index is 0.590. The summed E-state index contributed by atoms with van der Waals surface area (Å²) in [5, 5.41) is 0. The maximum absolute atomic E-state index is 4.45. The molecular formula is C14H21N3. The standard InChI is InChI=1S/C14H21N3/c1-12-9-15-13(16-10-12)17-8-7-14(11-17)5-3-2-4-6-14/h9-10H,2-8,11H2,1H3. The van der Waals surface area contributed by atoms with Crippen LogP contribution in [0.2, 0.25) is 0 Å². The van der Waals surface area contributed by atoms with Crippen molar-refractivity contribution in [1.29, 1.82) is 0 Å². The van der Waals surface area contributed by atoms with Gasteiger partial charge in [0.05, 0.1) is 0 Å². The van der Waals surface area contributed by atoms with Gasteiger partial charge in [0, 0.05) is 25.5 Å². The highest BCUT2D eigenvalue weighted by Gasteiger charge is 2.39. The first-order valence-corrected chi connectivity index (χ1v) is 6.81. The molecule has 2 aliphatic rings. The lowest BCUT2D eigenvalue weighted by molar-refractivity contribution is 0.219.